The molecule has 142 valence electrons. The summed E-state index contributed by atoms with van der Waals surface area (Å²) in [5.74, 6) is 1.91. The molecule has 1 amide bonds. The first-order valence-electron chi connectivity index (χ1n) is 9.96. The topological polar surface area (TPSA) is 49.8 Å². The Labute approximate surface area is 156 Å². The Morgan fingerprint density at radius 1 is 1.15 bits per heavy atom. The second-order valence-electron chi connectivity index (χ2n) is 9.32. The van der Waals surface area contributed by atoms with Gasteiger partial charge in [-0.2, -0.15) is 0 Å². The first-order chi connectivity index (χ1) is 12.3. The zero-order chi connectivity index (χ0) is 18.5. The second-order valence-corrected chi connectivity index (χ2v) is 9.32. The Hall–Kier alpha value is -1.55. The number of likely N-dealkylation sites (tertiary alicyclic amines) is 1. The van der Waals surface area contributed by atoms with Crippen molar-refractivity contribution in [2.75, 3.05) is 20.2 Å². The number of hydrogen-bond donors (Lipinski definition) is 1. The van der Waals surface area contributed by atoms with E-state index in [2.05, 4.69) is 25.1 Å². The summed E-state index contributed by atoms with van der Waals surface area (Å²) in [6, 6.07) is 6.56. The fraction of sp³-hybridized carbons (Fsp3) is 0.682. The molecule has 3 fully saturated rings. The van der Waals surface area contributed by atoms with Crippen molar-refractivity contribution in [2.24, 2.45) is 11.3 Å². The molecule has 1 aromatic rings. The van der Waals surface area contributed by atoms with Crippen molar-refractivity contribution < 1.29 is 14.6 Å². The van der Waals surface area contributed by atoms with Gasteiger partial charge in [0, 0.05) is 19.0 Å². The first-order valence-corrected chi connectivity index (χ1v) is 9.96. The van der Waals surface area contributed by atoms with E-state index in [-0.39, 0.29) is 11.8 Å². The second kappa shape index (κ2) is 6.26. The lowest BCUT2D eigenvalue weighted by Gasteiger charge is -2.53. The monoisotopic (exact) mass is 357 g/mol. The van der Waals surface area contributed by atoms with E-state index in [1.165, 1.54) is 24.0 Å². The lowest BCUT2D eigenvalue weighted by Crippen LogP contribution is -2.53. The lowest BCUT2D eigenvalue weighted by atomic mass is 9.56. The number of aryl methyl sites for hydroxylation is 1. The number of carbonyl (C=O) groups is 1. The molecule has 4 heteroatoms. The molecule has 1 saturated heterocycles. The molecule has 26 heavy (non-hydrogen) atoms. The molecule has 4 nitrogen and oxygen atoms in total. The Bertz CT molecular complexity index is 687. The predicted molar refractivity (Wildman–Crippen MR) is 101 cm³/mol. The molecule has 1 aliphatic heterocycles. The normalized spacial score (nSPS) is 30.6. The van der Waals surface area contributed by atoms with Gasteiger partial charge in [-0.05, 0) is 87.0 Å². The van der Waals surface area contributed by atoms with Crippen molar-refractivity contribution in [3.8, 4) is 5.75 Å². The molecule has 1 spiro atoms. The van der Waals surface area contributed by atoms with Crippen LogP contribution in [0, 0.1) is 18.3 Å². The van der Waals surface area contributed by atoms with Crippen molar-refractivity contribution in [1.82, 2.24) is 4.90 Å². The highest BCUT2D eigenvalue weighted by Crippen LogP contribution is 2.57. The van der Waals surface area contributed by atoms with Crippen LogP contribution in [-0.4, -0.2) is 41.7 Å². The lowest BCUT2D eigenvalue weighted by molar-refractivity contribution is -0.153. The number of carbonyl (C=O) groups excluding carboxylic acids is 1. The minimum Gasteiger partial charge on any atom is -0.497 e. The molecule has 1 N–H and O–H groups in total. The summed E-state index contributed by atoms with van der Waals surface area (Å²) in [6.07, 6.45) is 5.98. The van der Waals surface area contributed by atoms with E-state index < -0.39 is 5.60 Å². The average molecular weight is 357 g/mol. The fourth-order valence-corrected chi connectivity index (χ4v) is 5.40. The number of hydrogen-bond acceptors (Lipinski definition) is 3. The third kappa shape index (κ3) is 3.24. The Balaban J connectivity index is 1.31. The molecule has 1 heterocycles. The van der Waals surface area contributed by atoms with Crippen LogP contribution < -0.4 is 4.74 Å². The summed E-state index contributed by atoms with van der Waals surface area (Å²) >= 11 is 0. The highest BCUT2D eigenvalue weighted by molar-refractivity contribution is 5.80. The summed E-state index contributed by atoms with van der Waals surface area (Å²) in [6.45, 7) is 5.74. The average Bonchev–Trinajstić information content (AvgIpc) is 2.56. The molecule has 0 atom stereocenters. The minimum atomic E-state index is -0.618. The predicted octanol–water partition coefficient (Wildman–Crippen LogP) is 3.65. The van der Waals surface area contributed by atoms with Crippen LogP contribution >= 0.6 is 0 Å². The number of nitrogens with zero attached hydrogens (tertiary/aromatic N) is 1. The molecule has 4 rings (SSSR count). The largest absolute Gasteiger partial charge is 0.497 e. The fourth-order valence-electron chi connectivity index (χ4n) is 5.40. The maximum Gasteiger partial charge on any atom is 0.225 e. The van der Waals surface area contributed by atoms with Gasteiger partial charge in [0.25, 0.3) is 0 Å². The van der Waals surface area contributed by atoms with Crippen molar-refractivity contribution in [3.63, 3.8) is 0 Å². The SMILES string of the molecule is COc1cc(C)cc(C2CC3(CCN(C(=O)[C@H]4C[C@@](C)(O)C4)CC3)C2)c1. The van der Waals surface area contributed by atoms with Gasteiger partial charge >= 0.3 is 0 Å². The molecule has 2 saturated carbocycles. The van der Waals surface area contributed by atoms with Crippen LogP contribution in [-0.2, 0) is 4.79 Å². The molecule has 2 aliphatic carbocycles. The van der Waals surface area contributed by atoms with Gasteiger partial charge in [-0.15, -0.1) is 0 Å². The summed E-state index contributed by atoms with van der Waals surface area (Å²) < 4.78 is 5.42. The van der Waals surface area contributed by atoms with E-state index in [9.17, 15) is 9.90 Å². The third-order valence-electron chi connectivity index (χ3n) is 7.00. The van der Waals surface area contributed by atoms with Gasteiger partial charge in [0.1, 0.15) is 5.75 Å². The standard InChI is InChI=1S/C22H31NO3/c1-15-8-16(10-19(9-15)26-3)17-13-22(14-17)4-6-23(7-5-22)20(24)18-11-21(2,25)12-18/h8-10,17-18,25H,4-7,11-14H2,1-3H3/t18-,21+. The van der Waals surface area contributed by atoms with E-state index in [1.807, 2.05) is 11.8 Å². The van der Waals surface area contributed by atoms with Crippen molar-refractivity contribution >= 4 is 5.91 Å². The highest BCUT2D eigenvalue weighted by Gasteiger charge is 2.49. The van der Waals surface area contributed by atoms with Gasteiger partial charge in [0.2, 0.25) is 5.91 Å². The zero-order valence-corrected chi connectivity index (χ0v) is 16.3. The van der Waals surface area contributed by atoms with Crippen LogP contribution in [0.15, 0.2) is 18.2 Å². The minimum absolute atomic E-state index is 0.0490. The molecule has 0 aromatic heterocycles. The molecule has 0 radical (unpaired) electrons. The number of rotatable bonds is 3. The number of aliphatic hydroxyl groups is 1. The van der Waals surface area contributed by atoms with Crippen LogP contribution in [0.3, 0.4) is 0 Å². The molecular weight excluding hydrogens is 326 g/mol. The summed E-state index contributed by atoms with van der Waals surface area (Å²) in [5.41, 5.74) is 2.48. The molecule has 0 unspecified atom stereocenters. The van der Waals surface area contributed by atoms with E-state index >= 15 is 0 Å². The molecular formula is C22H31NO3. The van der Waals surface area contributed by atoms with Crippen LogP contribution in [0.1, 0.15) is 62.5 Å². The molecule has 3 aliphatic rings. The Morgan fingerprint density at radius 2 is 1.81 bits per heavy atom. The van der Waals surface area contributed by atoms with E-state index in [4.69, 9.17) is 4.74 Å². The Kier molecular flexibility index (Phi) is 4.30. The van der Waals surface area contributed by atoms with Gasteiger partial charge in [-0.3, -0.25) is 4.79 Å². The smallest absolute Gasteiger partial charge is 0.225 e. The van der Waals surface area contributed by atoms with E-state index in [0.717, 1.165) is 31.7 Å². The highest BCUT2D eigenvalue weighted by atomic mass is 16.5. The number of ether oxygens (including phenoxy) is 1. The van der Waals surface area contributed by atoms with Crippen LogP contribution in [0.2, 0.25) is 0 Å². The van der Waals surface area contributed by atoms with Gasteiger partial charge in [0.05, 0.1) is 12.7 Å². The zero-order valence-electron chi connectivity index (χ0n) is 16.3. The maximum absolute atomic E-state index is 12.6. The quantitative estimate of drug-likeness (QED) is 0.898. The number of methoxy groups -OCH3 is 1. The number of piperidine rings is 1. The maximum atomic E-state index is 12.6. The van der Waals surface area contributed by atoms with Crippen LogP contribution in [0.25, 0.3) is 0 Å². The van der Waals surface area contributed by atoms with Crippen LogP contribution in [0.5, 0.6) is 5.75 Å². The number of benzene rings is 1. The van der Waals surface area contributed by atoms with Crippen LogP contribution in [0.4, 0.5) is 0 Å². The van der Waals surface area contributed by atoms with E-state index in [1.54, 1.807) is 7.11 Å². The Morgan fingerprint density at radius 3 is 2.38 bits per heavy atom. The van der Waals surface area contributed by atoms with Gasteiger partial charge in [0.15, 0.2) is 0 Å². The molecule has 1 aromatic carbocycles. The van der Waals surface area contributed by atoms with Gasteiger partial charge in [-0.25, -0.2) is 0 Å². The summed E-state index contributed by atoms with van der Waals surface area (Å²) in [7, 11) is 1.73. The number of amides is 1. The van der Waals surface area contributed by atoms with Gasteiger partial charge in [-0.1, -0.05) is 6.07 Å². The van der Waals surface area contributed by atoms with Crippen molar-refractivity contribution in [3.05, 3.63) is 29.3 Å². The third-order valence-corrected chi connectivity index (χ3v) is 7.00. The first kappa shape index (κ1) is 17.8. The molecule has 0 bridgehead atoms. The summed E-state index contributed by atoms with van der Waals surface area (Å²) in [4.78, 5) is 14.6. The van der Waals surface area contributed by atoms with Crippen molar-refractivity contribution in [1.29, 1.82) is 0 Å². The van der Waals surface area contributed by atoms with Gasteiger partial charge < -0.3 is 14.7 Å². The van der Waals surface area contributed by atoms with E-state index in [0.29, 0.717) is 24.2 Å². The summed E-state index contributed by atoms with van der Waals surface area (Å²) in [5, 5.41) is 9.88. The van der Waals surface area contributed by atoms with Crippen molar-refractivity contribution in [2.45, 2.75) is 63.9 Å².